The smallest absolute Gasteiger partial charge is 0.337 e. The van der Waals surface area contributed by atoms with Gasteiger partial charge in [-0.15, -0.1) is 0 Å². The first-order valence-electron chi connectivity index (χ1n) is 8.60. The molecule has 4 heteroatoms. The number of rotatable bonds is 2. The first-order chi connectivity index (χ1) is 13.2. The Kier molecular flexibility index (Phi) is 3.19. The van der Waals surface area contributed by atoms with Crippen LogP contribution < -0.4 is 0 Å². The molecule has 0 aliphatic rings. The molecule has 0 unspecified atom stereocenters. The van der Waals surface area contributed by atoms with Crippen molar-refractivity contribution in [2.24, 2.45) is 0 Å². The largest absolute Gasteiger partial charge is 0.465 e. The maximum Gasteiger partial charge on any atom is 0.337 e. The number of aromatic nitrogens is 1. The maximum absolute atomic E-state index is 12.3. The van der Waals surface area contributed by atoms with Crippen molar-refractivity contribution in [1.29, 1.82) is 5.26 Å². The average Bonchev–Trinajstić information content (AvgIpc) is 3.24. The second-order valence-electron chi connectivity index (χ2n) is 6.46. The van der Waals surface area contributed by atoms with Crippen LogP contribution in [0.2, 0.25) is 0 Å². The van der Waals surface area contributed by atoms with Crippen LogP contribution in [0, 0.1) is 11.3 Å². The quantitative estimate of drug-likeness (QED) is 0.421. The standard InChI is InChI=1S/C23H14N2O2/c1-27-23(26)15-11-19-16-9-5-6-10-17(16)22-18(13-24)21(20(12-15)25(19)22)14-7-3-2-4-8-14/h2-12H,1H3. The molecule has 0 amide bonds. The number of benzene rings is 2. The topological polar surface area (TPSA) is 54.5 Å². The minimum absolute atomic E-state index is 0.390. The Morgan fingerprint density at radius 3 is 2.33 bits per heavy atom. The highest BCUT2D eigenvalue weighted by Gasteiger charge is 2.24. The summed E-state index contributed by atoms with van der Waals surface area (Å²) in [6.07, 6.45) is 0. The van der Waals surface area contributed by atoms with Gasteiger partial charge in [-0.2, -0.15) is 5.26 Å². The first-order valence-corrected chi connectivity index (χ1v) is 8.60. The maximum atomic E-state index is 12.3. The van der Waals surface area contributed by atoms with Crippen LogP contribution in [0.4, 0.5) is 0 Å². The van der Waals surface area contributed by atoms with E-state index >= 15 is 0 Å². The van der Waals surface area contributed by atoms with Gasteiger partial charge in [-0.1, -0.05) is 54.6 Å². The third kappa shape index (κ3) is 2.00. The third-order valence-corrected chi connectivity index (χ3v) is 5.09. The molecule has 0 saturated carbocycles. The van der Waals surface area contributed by atoms with Gasteiger partial charge in [0, 0.05) is 16.3 Å². The van der Waals surface area contributed by atoms with Crippen LogP contribution in [0.1, 0.15) is 15.9 Å². The zero-order chi connectivity index (χ0) is 18.5. The summed E-state index contributed by atoms with van der Waals surface area (Å²) in [6.45, 7) is 0. The molecule has 0 saturated heterocycles. The Morgan fingerprint density at radius 2 is 1.63 bits per heavy atom. The molecule has 0 radical (unpaired) electrons. The fraction of sp³-hybridized carbons (Fsp3) is 0.0435. The van der Waals surface area contributed by atoms with E-state index < -0.39 is 5.97 Å². The number of hydrogen-bond acceptors (Lipinski definition) is 3. The lowest BCUT2D eigenvalue weighted by Gasteiger charge is -2.06. The second-order valence-corrected chi connectivity index (χ2v) is 6.46. The summed E-state index contributed by atoms with van der Waals surface area (Å²) in [5.74, 6) is -0.390. The van der Waals surface area contributed by atoms with Crippen LogP contribution in [0.3, 0.4) is 0 Å². The second kappa shape index (κ2) is 5.58. The van der Waals surface area contributed by atoms with E-state index in [0.717, 1.165) is 38.4 Å². The van der Waals surface area contributed by atoms with Crippen LogP contribution in [0.5, 0.6) is 0 Å². The summed E-state index contributed by atoms with van der Waals surface area (Å²) in [4.78, 5) is 12.3. The number of hydrogen-bond donors (Lipinski definition) is 0. The molecule has 0 atom stereocenters. The molecule has 3 aromatic heterocycles. The molecule has 0 fully saturated rings. The van der Waals surface area contributed by atoms with Gasteiger partial charge in [-0.05, 0) is 17.7 Å². The van der Waals surface area contributed by atoms with Crippen LogP contribution in [-0.4, -0.2) is 17.5 Å². The minimum atomic E-state index is -0.390. The molecule has 5 aromatic rings. The van der Waals surface area contributed by atoms with Gasteiger partial charge in [0.15, 0.2) is 0 Å². The van der Waals surface area contributed by atoms with Gasteiger partial charge in [0.25, 0.3) is 0 Å². The normalized spacial score (nSPS) is 11.3. The Hall–Kier alpha value is -3.84. The molecule has 0 aliphatic carbocycles. The van der Waals surface area contributed by atoms with Crippen molar-refractivity contribution in [2.75, 3.05) is 7.11 Å². The number of carbonyl (C=O) groups is 1. The van der Waals surface area contributed by atoms with Crippen LogP contribution in [-0.2, 0) is 4.74 Å². The predicted octanol–water partition coefficient (Wildman–Crippen LogP) is 5.01. The molecule has 128 valence electrons. The lowest BCUT2D eigenvalue weighted by molar-refractivity contribution is 0.0601. The first kappa shape index (κ1) is 15.4. The highest BCUT2D eigenvalue weighted by atomic mass is 16.5. The lowest BCUT2D eigenvalue weighted by Crippen LogP contribution is -2.02. The highest BCUT2D eigenvalue weighted by molar-refractivity contribution is 6.16. The van der Waals surface area contributed by atoms with Crippen molar-refractivity contribution in [3.05, 3.63) is 77.9 Å². The van der Waals surface area contributed by atoms with E-state index in [0.29, 0.717) is 11.1 Å². The van der Waals surface area contributed by atoms with Crippen molar-refractivity contribution in [3.8, 4) is 17.2 Å². The molecule has 3 heterocycles. The molecular weight excluding hydrogens is 336 g/mol. The number of nitriles is 1. The molecule has 4 nitrogen and oxygen atoms in total. The summed E-state index contributed by atoms with van der Waals surface area (Å²) >= 11 is 0. The Labute approximate surface area is 155 Å². The summed E-state index contributed by atoms with van der Waals surface area (Å²) in [5, 5.41) is 12.0. The summed E-state index contributed by atoms with van der Waals surface area (Å²) in [6, 6.07) is 23.8. The zero-order valence-corrected chi connectivity index (χ0v) is 14.6. The van der Waals surface area contributed by atoms with Crippen molar-refractivity contribution in [2.45, 2.75) is 0 Å². The van der Waals surface area contributed by atoms with E-state index in [1.165, 1.54) is 7.11 Å². The van der Waals surface area contributed by atoms with E-state index in [4.69, 9.17) is 4.74 Å². The number of pyridine rings is 1. The van der Waals surface area contributed by atoms with E-state index in [2.05, 4.69) is 10.5 Å². The lowest BCUT2D eigenvalue weighted by atomic mass is 9.99. The third-order valence-electron chi connectivity index (χ3n) is 5.09. The molecule has 0 aliphatic heterocycles. The fourth-order valence-electron chi connectivity index (χ4n) is 3.99. The van der Waals surface area contributed by atoms with E-state index in [-0.39, 0.29) is 0 Å². The highest BCUT2D eigenvalue weighted by Crippen LogP contribution is 2.41. The van der Waals surface area contributed by atoms with Gasteiger partial charge in [0.2, 0.25) is 0 Å². The van der Waals surface area contributed by atoms with Crippen molar-refractivity contribution < 1.29 is 9.53 Å². The van der Waals surface area contributed by atoms with E-state index in [1.807, 2.05) is 66.7 Å². The van der Waals surface area contributed by atoms with Gasteiger partial charge in [0.05, 0.1) is 34.8 Å². The number of fused-ring (bicyclic) bond motifs is 3. The van der Waals surface area contributed by atoms with Gasteiger partial charge in [-0.25, -0.2) is 4.79 Å². The van der Waals surface area contributed by atoms with Crippen molar-refractivity contribution >= 4 is 33.3 Å². The molecule has 0 N–H and O–H groups in total. The average molecular weight is 350 g/mol. The van der Waals surface area contributed by atoms with E-state index in [1.54, 1.807) is 0 Å². The summed E-state index contributed by atoms with van der Waals surface area (Å²) in [7, 11) is 1.38. The SMILES string of the molecule is COC(=O)c1cc2c(-c3ccccc3)c(C#N)c3c4ccccc4c(c1)n23. The molecule has 5 rings (SSSR count). The van der Waals surface area contributed by atoms with Gasteiger partial charge >= 0.3 is 5.97 Å². The van der Waals surface area contributed by atoms with Crippen LogP contribution >= 0.6 is 0 Å². The number of carbonyl (C=O) groups excluding carboxylic acids is 1. The number of methoxy groups -OCH3 is 1. The van der Waals surface area contributed by atoms with Gasteiger partial charge in [0.1, 0.15) is 6.07 Å². The summed E-state index contributed by atoms with van der Waals surface area (Å²) in [5.41, 5.74) is 5.50. The van der Waals surface area contributed by atoms with Gasteiger partial charge < -0.3 is 9.14 Å². The molecular formula is C23H14N2O2. The minimum Gasteiger partial charge on any atom is -0.465 e. The fourth-order valence-corrected chi connectivity index (χ4v) is 3.99. The van der Waals surface area contributed by atoms with E-state index in [9.17, 15) is 10.1 Å². The number of nitrogens with zero attached hydrogens (tertiary/aromatic N) is 2. The Morgan fingerprint density at radius 1 is 0.963 bits per heavy atom. The molecule has 27 heavy (non-hydrogen) atoms. The monoisotopic (exact) mass is 350 g/mol. The van der Waals surface area contributed by atoms with Crippen LogP contribution in [0.15, 0.2) is 66.7 Å². The van der Waals surface area contributed by atoms with Crippen LogP contribution in [0.25, 0.3) is 38.4 Å². The summed E-state index contributed by atoms with van der Waals surface area (Å²) < 4.78 is 7.04. The number of ether oxygens (including phenoxy) is 1. The Balaban J connectivity index is 2.07. The Bertz CT molecular complexity index is 1370. The van der Waals surface area contributed by atoms with Crippen molar-refractivity contribution in [3.63, 3.8) is 0 Å². The molecule has 0 spiro atoms. The zero-order valence-electron chi connectivity index (χ0n) is 14.6. The van der Waals surface area contributed by atoms with Crippen molar-refractivity contribution in [1.82, 2.24) is 4.40 Å². The molecule has 0 bridgehead atoms. The van der Waals surface area contributed by atoms with Gasteiger partial charge in [-0.3, -0.25) is 0 Å². The predicted molar refractivity (Wildman–Crippen MR) is 105 cm³/mol. The number of esters is 1. The molecule has 2 aromatic carbocycles.